The second-order valence-electron chi connectivity index (χ2n) is 5.98. The fourth-order valence-electron chi connectivity index (χ4n) is 2.92. The van der Waals surface area contributed by atoms with E-state index < -0.39 is 6.04 Å². The van der Waals surface area contributed by atoms with Crippen LogP contribution in [-0.2, 0) is 19.3 Å². The van der Waals surface area contributed by atoms with Gasteiger partial charge in [-0.1, -0.05) is 30.3 Å². The van der Waals surface area contributed by atoms with Crippen LogP contribution in [0.3, 0.4) is 0 Å². The minimum absolute atomic E-state index is 0.128. The fraction of sp³-hybridized carbons (Fsp3) is 0.444. The first-order valence-corrected chi connectivity index (χ1v) is 9.25. The van der Waals surface area contributed by atoms with Crippen LogP contribution < -0.4 is 10.6 Å². The number of aryl methyl sites for hydroxylation is 2. The van der Waals surface area contributed by atoms with Crippen LogP contribution in [0.1, 0.15) is 40.0 Å². The van der Waals surface area contributed by atoms with Crippen LogP contribution >= 0.6 is 11.3 Å². The maximum absolute atomic E-state index is 12.0. The summed E-state index contributed by atoms with van der Waals surface area (Å²) in [5.74, 6) is 0. The molecule has 2 aromatic rings. The number of benzene rings is 1. The lowest BCUT2D eigenvalue weighted by Crippen LogP contribution is -2.40. The Morgan fingerprint density at radius 2 is 2.04 bits per heavy atom. The van der Waals surface area contributed by atoms with Gasteiger partial charge in [0.25, 0.3) is 0 Å². The molecule has 0 unspecified atom stereocenters. The van der Waals surface area contributed by atoms with E-state index in [0.29, 0.717) is 6.54 Å². The summed E-state index contributed by atoms with van der Waals surface area (Å²) in [5.41, 5.74) is 2.15. The molecule has 3 rings (SSSR count). The molecule has 1 atom stereocenters. The van der Waals surface area contributed by atoms with Crippen LogP contribution in [0, 0.1) is 0 Å². The Morgan fingerprint density at radius 3 is 2.79 bits per heavy atom. The highest BCUT2D eigenvalue weighted by molar-refractivity contribution is 7.11. The van der Waals surface area contributed by atoms with Gasteiger partial charge in [-0.25, -0.2) is 9.78 Å². The van der Waals surface area contributed by atoms with Crippen molar-refractivity contribution in [3.63, 3.8) is 0 Å². The standard InChI is InChI=1S/C18H23N3O2S/c22-12-15(13-6-2-1-3-7-13)21-18(23)19-11-10-17-20-14-8-4-5-9-16(14)24-17/h1-3,6-7,15,22H,4-5,8-12H2,(H2,19,21,23)/t15-/m1/s1. The Kier molecular flexibility index (Phi) is 5.82. The minimum atomic E-state index is -0.390. The Balaban J connectivity index is 1.46. The molecule has 1 aliphatic carbocycles. The van der Waals surface area contributed by atoms with E-state index in [1.54, 1.807) is 11.3 Å². The molecule has 1 aromatic carbocycles. The number of nitrogens with one attached hydrogen (secondary N) is 2. The van der Waals surface area contributed by atoms with Gasteiger partial charge in [-0.2, -0.15) is 0 Å². The quantitative estimate of drug-likeness (QED) is 0.753. The molecule has 1 aromatic heterocycles. The largest absolute Gasteiger partial charge is 0.394 e. The number of amides is 2. The van der Waals surface area contributed by atoms with Crippen molar-refractivity contribution in [1.82, 2.24) is 15.6 Å². The molecule has 6 heteroatoms. The number of urea groups is 1. The van der Waals surface area contributed by atoms with E-state index in [-0.39, 0.29) is 12.6 Å². The molecule has 0 radical (unpaired) electrons. The number of hydrogen-bond donors (Lipinski definition) is 3. The minimum Gasteiger partial charge on any atom is -0.394 e. The van der Waals surface area contributed by atoms with Gasteiger partial charge in [0.2, 0.25) is 0 Å². The van der Waals surface area contributed by atoms with Crippen molar-refractivity contribution >= 4 is 17.4 Å². The fourth-order valence-corrected chi connectivity index (χ4v) is 4.08. The van der Waals surface area contributed by atoms with Crippen molar-refractivity contribution in [2.75, 3.05) is 13.2 Å². The number of aliphatic hydroxyl groups is 1. The number of hydrogen-bond acceptors (Lipinski definition) is 4. The average Bonchev–Trinajstić information content (AvgIpc) is 3.03. The number of aromatic nitrogens is 1. The van der Waals surface area contributed by atoms with E-state index in [9.17, 15) is 9.90 Å². The summed E-state index contributed by atoms with van der Waals surface area (Å²) in [7, 11) is 0. The lowest BCUT2D eigenvalue weighted by Gasteiger charge is -2.17. The zero-order valence-corrected chi connectivity index (χ0v) is 14.4. The SMILES string of the molecule is O=C(NCCc1nc2c(s1)CCCC2)N[C@H](CO)c1ccccc1. The predicted molar refractivity (Wildman–Crippen MR) is 95.3 cm³/mol. The molecular formula is C18H23N3O2S. The van der Waals surface area contributed by atoms with Crippen LogP contribution in [0.25, 0.3) is 0 Å². The summed E-state index contributed by atoms with van der Waals surface area (Å²) in [6.07, 6.45) is 5.49. The molecular weight excluding hydrogens is 322 g/mol. The molecule has 24 heavy (non-hydrogen) atoms. The predicted octanol–water partition coefficient (Wildman–Crippen LogP) is 2.60. The van der Waals surface area contributed by atoms with E-state index in [0.717, 1.165) is 29.8 Å². The van der Waals surface area contributed by atoms with Gasteiger partial charge in [0, 0.05) is 17.8 Å². The number of carbonyl (C=O) groups excluding carboxylic acids is 1. The highest BCUT2D eigenvalue weighted by Crippen LogP contribution is 2.26. The van der Waals surface area contributed by atoms with Gasteiger partial charge in [-0.15, -0.1) is 11.3 Å². The first-order valence-electron chi connectivity index (χ1n) is 8.44. The Hall–Kier alpha value is -1.92. The van der Waals surface area contributed by atoms with Crippen molar-refractivity contribution in [3.8, 4) is 0 Å². The Labute approximate surface area is 146 Å². The van der Waals surface area contributed by atoms with Crippen molar-refractivity contribution < 1.29 is 9.90 Å². The first-order chi connectivity index (χ1) is 11.8. The number of carbonyl (C=O) groups is 1. The van der Waals surface area contributed by atoms with Crippen LogP contribution in [-0.4, -0.2) is 29.3 Å². The molecule has 1 aliphatic rings. The second-order valence-corrected chi connectivity index (χ2v) is 7.15. The van der Waals surface area contributed by atoms with Gasteiger partial charge in [0.1, 0.15) is 0 Å². The van der Waals surface area contributed by atoms with Gasteiger partial charge < -0.3 is 15.7 Å². The van der Waals surface area contributed by atoms with Gasteiger partial charge in [-0.3, -0.25) is 0 Å². The molecule has 0 saturated heterocycles. The summed E-state index contributed by atoms with van der Waals surface area (Å²) in [5, 5.41) is 16.2. The number of fused-ring (bicyclic) bond motifs is 1. The van der Waals surface area contributed by atoms with Gasteiger partial charge in [0.05, 0.1) is 23.4 Å². The molecule has 128 valence electrons. The average molecular weight is 345 g/mol. The van der Waals surface area contributed by atoms with E-state index in [1.807, 2.05) is 30.3 Å². The lowest BCUT2D eigenvalue weighted by molar-refractivity contribution is 0.217. The van der Waals surface area contributed by atoms with Crippen LogP contribution in [0.2, 0.25) is 0 Å². The van der Waals surface area contributed by atoms with Crippen LogP contribution in [0.5, 0.6) is 0 Å². The molecule has 0 aliphatic heterocycles. The van der Waals surface area contributed by atoms with Crippen molar-refractivity contribution in [2.24, 2.45) is 0 Å². The second kappa shape index (κ2) is 8.26. The zero-order valence-electron chi connectivity index (χ0n) is 13.6. The van der Waals surface area contributed by atoms with Crippen molar-refractivity contribution in [3.05, 3.63) is 51.5 Å². The normalized spacial score (nSPS) is 14.7. The number of thiazole rings is 1. The van der Waals surface area contributed by atoms with Crippen LogP contribution in [0.4, 0.5) is 4.79 Å². The highest BCUT2D eigenvalue weighted by Gasteiger charge is 2.16. The third-order valence-corrected chi connectivity index (χ3v) is 5.42. The maximum atomic E-state index is 12.0. The number of rotatable bonds is 6. The lowest BCUT2D eigenvalue weighted by atomic mass is 10.0. The van der Waals surface area contributed by atoms with Crippen molar-refractivity contribution in [1.29, 1.82) is 0 Å². The van der Waals surface area contributed by atoms with Gasteiger partial charge >= 0.3 is 6.03 Å². The van der Waals surface area contributed by atoms with Crippen molar-refractivity contribution in [2.45, 2.75) is 38.1 Å². The molecule has 0 bridgehead atoms. The zero-order chi connectivity index (χ0) is 16.8. The molecule has 3 N–H and O–H groups in total. The Bertz CT molecular complexity index is 649. The van der Waals surface area contributed by atoms with E-state index >= 15 is 0 Å². The smallest absolute Gasteiger partial charge is 0.315 e. The molecule has 2 amide bonds. The molecule has 0 spiro atoms. The summed E-state index contributed by atoms with van der Waals surface area (Å²) in [6, 6.07) is 8.82. The number of nitrogens with zero attached hydrogens (tertiary/aromatic N) is 1. The Morgan fingerprint density at radius 1 is 1.25 bits per heavy atom. The maximum Gasteiger partial charge on any atom is 0.315 e. The summed E-state index contributed by atoms with van der Waals surface area (Å²) < 4.78 is 0. The van der Waals surface area contributed by atoms with Crippen LogP contribution in [0.15, 0.2) is 30.3 Å². The number of aliphatic hydroxyl groups excluding tert-OH is 1. The topological polar surface area (TPSA) is 74.2 Å². The monoisotopic (exact) mass is 345 g/mol. The highest BCUT2D eigenvalue weighted by atomic mass is 32.1. The summed E-state index contributed by atoms with van der Waals surface area (Å²) >= 11 is 1.78. The van der Waals surface area contributed by atoms with E-state index in [2.05, 4.69) is 15.6 Å². The van der Waals surface area contributed by atoms with Gasteiger partial charge in [0.15, 0.2) is 0 Å². The molecule has 5 nitrogen and oxygen atoms in total. The van der Waals surface area contributed by atoms with E-state index in [4.69, 9.17) is 0 Å². The molecule has 1 heterocycles. The third-order valence-electron chi connectivity index (χ3n) is 4.20. The first kappa shape index (κ1) is 16.9. The van der Waals surface area contributed by atoms with Gasteiger partial charge in [-0.05, 0) is 31.2 Å². The molecule has 0 saturated carbocycles. The summed E-state index contributed by atoms with van der Waals surface area (Å²) in [4.78, 5) is 18.1. The molecule has 0 fully saturated rings. The summed E-state index contributed by atoms with van der Waals surface area (Å²) in [6.45, 7) is 0.418. The third kappa shape index (κ3) is 4.33. The van der Waals surface area contributed by atoms with E-state index in [1.165, 1.54) is 23.4 Å².